The minimum absolute atomic E-state index is 0. The third-order valence-electron chi connectivity index (χ3n) is 4.42. The van der Waals surface area contributed by atoms with E-state index in [1.54, 1.807) is 0 Å². The molecule has 140 valence electrons. The predicted molar refractivity (Wildman–Crippen MR) is 113 cm³/mol. The maximum atomic E-state index is 6.48. The van der Waals surface area contributed by atoms with Crippen molar-refractivity contribution >= 4 is 46.4 Å². The molecule has 1 aliphatic rings. The topological polar surface area (TPSA) is 0 Å². The van der Waals surface area contributed by atoms with Crippen LogP contribution in [0.2, 0.25) is 0 Å². The average molecular weight is 648 g/mol. The number of halogens is 4. The summed E-state index contributed by atoms with van der Waals surface area (Å²) >= 11 is 25.4. The second-order valence-electron chi connectivity index (χ2n) is 5.94. The average Bonchev–Trinajstić information content (AvgIpc) is 3.06. The molecular weight excluding hydrogens is 620 g/mol. The van der Waals surface area contributed by atoms with E-state index in [0.29, 0.717) is 11.0 Å². The van der Waals surface area contributed by atoms with Gasteiger partial charge in [0.25, 0.3) is 0 Å². The van der Waals surface area contributed by atoms with Gasteiger partial charge in [0.1, 0.15) is 4.33 Å². The van der Waals surface area contributed by atoms with Gasteiger partial charge in [0.2, 0.25) is 0 Å². The van der Waals surface area contributed by atoms with Crippen molar-refractivity contribution in [3.63, 3.8) is 0 Å². The molecule has 1 rings (SSSR count). The van der Waals surface area contributed by atoms with Gasteiger partial charge >= 0.3 is 31.1 Å². The molecule has 0 N–H and O–H groups in total. The SMILES string of the molecule is C=CCC(/C=C\[CH2-])C1C(CC/C=C(Cl)\C(C)=C(\Cl)CC)C1(Cl)Cl.[CH3-].[U+2]. The Labute approximate surface area is 198 Å². The molecule has 0 bridgehead atoms. The third-order valence-corrected chi connectivity index (χ3v) is 6.48. The molecular formula is C20H28Cl4U. The molecule has 0 spiro atoms. The Morgan fingerprint density at radius 3 is 2.40 bits per heavy atom. The quantitative estimate of drug-likeness (QED) is 0.102. The van der Waals surface area contributed by atoms with E-state index in [1.807, 2.05) is 32.1 Å². The maximum Gasteiger partial charge on any atom is 2.00 e. The number of allylic oxidation sites excluding steroid dienone is 7. The molecule has 0 amide bonds. The summed E-state index contributed by atoms with van der Waals surface area (Å²) in [4.78, 5) is 0. The van der Waals surface area contributed by atoms with E-state index in [9.17, 15) is 0 Å². The van der Waals surface area contributed by atoms with E-state index < -0.39 is 4.33 Å². The van der Waals surface area contributed by atoms with Crippen LogP contribution in [0.3, 0.4) is 0 Å². The first-order valence-corrected chi connectivity index (χ1v) is 9.48. The first-order chi connectivity index (χ1) is 10.8. The van der Waals surface area contributed by atoms with Crippen LogP contribution in [0.5, 0.6) is 0 Å². The van der Waals surface area contributed by atoms with Gasteiger partial charge in [-0.1, -0.05) is 48.2 Å². The van der Waals surface area contributed by atoms with Crippen molar-refractivity contribution in [3.05, 3.63) is 60.9 Å². The molecule has 0 heterocycles. The van der Waals surface area contributed by atoms with Crippen LogP contribution in [0.1, 0.15) is 39.5 Å². The van der Waals surface area contributed by atoms with Gasteiger partial charge in [-0.2, -0.15) is 0 Å². The zero-order valence-electron chi connectivity index (χ0n) is 15.3. The summed E-state index contributed by atoms with van der Waals surface area (Å²) in [7, 11) is 0. The minimum atomic E-state index is -0.667. The molecule has 0 nitrogen and oxygen atoms in total. The van der Waals surface area contributed by atoms with Gasteiger partial charge in [0.05, 0.1) is 0 Å². The molecule has 0 aromatic rings. The van der Waals surface area contributed by atoms with Crippen LogP contribution in [0.4, 0.5) is 0 Å². The van der Waals surface area contributed by atoms with E-state index in [-0.39, 0.29) is 50.4 Å². The van der Waals surface area contributed by atoms with E-state index in [0.717, 1.165) is 36.3 Å². The smallest absolute Gasteiger partial charge is 0.358 e. The van der Waals surface area contributed by atoms with Crippen LogP contribution in [0.25, 0.3) is 0 Å². The number of hydrogen-bond donors (Lipinski definition) is 0. The second kappa shape index (κ2) is 13.3. The fourth-order valence-electron chi connectivity index (χ4n) is 3.02. The summed E-state index contributed by atoms with van der Waals surface area (Å²) in [5, 5.41) is 1.51. The van der Waals surface area contributed by atoms with Crippen molar-refractivity contribution in [2.75, 3.05) is 0 Å². The van der Waals surface area contributed by atoms with Gasteiger partial charge in [-0.3, -0.25) is 0 Å². The van der Waals surface area contributed by atoms with Crippen LogP contribution in [-0.2, 0) is 0 Å². The normalized spacial score (nSPS) is 24.0. The summed E-state index contributed by atoms with van der Waals surface area (Å²) in [5.74, 6) is 0.795. The third kappa shape index (κ3) is 7.89. The van der Waals surface area contributed by atoms with Gasteiger partial charge in [0, 0.05) is 10.1 Å². The van der Waals surface area contributed by atoms with Gasteiger partial charge in [-0.05, 0) is 50.0 Å². The Morgan fingerprint density at radius 1 is 1.32 bits per heavy atom. The van der Waals surface area contributed by atoms with Crippen molar-refractivity contribution < 1.29 is 31.1 Å². The van der Waals surface area contributed by atoms with Crippen molar-refractivity contribution in [1.82, 2.24) is 0 Å². The summed E-state index contributed by atoms with van der Waals surface area (Å²) in [6.07, 6.45) is 11.2. The van der Waals surface area contributed by atoms with E-state index in [4.69, 9.17) is 46.4 Å². The van der Waals surface area contributed by atoms with Crippen molar-refractivity contribution in [3.8, 4) is 0 Å². The molecule has 3 atom stereocenters. The largest absolute Gasteiger partial charge is 2.00 e. The van der Waals surface area contributed by atoms with Crippen molar-refractivity contribution in [1.29, 1.82) is 0 Å². The maximum absolute atomic E-state index is 6.48. The zero-order valence-corrected chi connectivity index (χ0v) is 22.5. The van der Waals surface area contributed by atoms with E-state index in [2.05, 4.69) is 19.6 Å². The number of rotatable bonds is 9. The predicted octanol–water partition coefficient (Wildman–Crippen LogP) is 8.26. The van der Waals surface area contributed by atoms with Crippen LogP contribution in [0, 0.1) is 63.2 Å². The molecule has 0 aliphatic heterocycles. The Bertz CT molecular complexity index is 506. The number of hydrogen-bond acceptors (Lipinski definition) is 0. The molecule has 1 fully saturated rings. The van der Waals surface area contributed by atoms with Gasteiger partial charge in [-0.15, -0.1) is 29.8 Å². The summed E-state index contributed by atoms with van der Waals surface area (Å²) in [6, 6.07) is 0. The molecule has 0 aromatic heterocycles. The Balaban J connectivity index is 0. The molecule has 1 saturated carbocycles. The molecule has 3 unspecified atom stereocenters. The first-order valence-electron chi connectivity index (χ1n) is 7.97. The Hall–Kier alpha value is 1.04. The fraction of sp³-hybridized carbons (Fsp3) is 0.500. The van der Waals surface area contributed by atoms with Crippen molar-refractivity contribution in [2.45, 2.75) is 43.9 Å². The summed E-state index contributed by atoms with van der Waals surface area (Å²) in [6.45, 7) is 11.5. The Kier molecular flexibility index (Phi) is 15.0. The molecule has 0 radical (unpaired) electrons. The van der Waals surface area contributed by atoms with Crippen LogP contribution >= 0.6 is 46.4 Å². The minimum Gasteiger partial charge on any atom is -0.358 e. The van der Waals surface area contributed by atoms with Crippen LogP contribution in [0.15, 0.2) is 46.5 Å². The van der Waals surface area contributed by atoms with Crippen molar-refractivity contribution in [2.24, 2.45) is 17.8 Å². The van der Waals surface area contributed by atoms with Gasteiger partial charge < -0.3 is 7.43 Å². The molecule has 0 aromatic carbocycles. The van der Waals surface area contributed by atoms with Gasteiger partial charge in [0.15, 0.2) is 0 Å². The zero-order chi connectivity index (χ0) is 17.6. The monoisotopic (exact) mass is 646 g/mol. The second-order valence-corrected chi connectivity index (χ2v) is 8.24. The van der Waals surface area contributed by atoms with E-state index >= 15 is 0 Å². The molecule has 1 aliphatic carbocycles. The standard InChI is InChI=1S/C19H25Cl4.CH3.U/c1-5-9-14(10-6-2)18-15(19(18,22)23)11-8-12-17(21)13(4)16(20)7-3;;/h5-6,9,12,14-15,18H,1-2,7-8,10-11H2,3-4H3;1H3;/q2*-1;+2/b9-5-,16-13+,17-12+;;. The fourth-order valence-corrected chi connectivity index (χ4v) is 4.39. The summed E-state index contributed by atoms with van der Waals surface area (Å²) in [5.41, 5.74) is 0.940. The van der Waals surface area contributed by atoms with Crippen LogP contribution in [-0.4, -0.2) is 4.33 Å². The summed E-state index contributed by atoms with van der Waals surface area (Å²) < 4.78 is -0.667. The molecule has 25 heavy (non-hydrogen) atoms. The van der Waals surface area contributed by atoms with Gasteiger partial charge in [-0.25, -0.2) is 19.1 Å². The molecule has 0 saturated heterocycles. The van der Waals surface area contributed by atoms with Crippen LogP contribution < -0.4 is 0 Å². The molecule has 5 heteroatoms. The first kappa shape index (κ1) is 28.3. The number of alkyl halides is 2. The Morgan fingerprint density at radius 2 is 1.92 bits per heavy atom. The van der Waals surface area contributed by atoms with E-state index in [1.165, 1.54) is 0 Å².